The number of amides is 1. The molecule has 0 fully saturated rings. The number of aryl methyl sites for hydroxylation is 1. The zero-order chi connectivity index (χ0) is 9.14. The van der Waals surface area contributed by atoms with Gasteiger partial charge in [-0.25, -0.2) is 0 Å². The molecule has 0 saturated heterocycles. The molecule has 1 aromatic heterocycles. The molecular formula is C7H12N4O. The summed E-state index contributed by atoms with van der Waals surface area (Å²) in [5, 5.41) is 9.01. The first-order valence-electron chi connectivity index (χ1n) is 3.67. The monoisotopic (exact) mass is 168 g/mol. The number of nitrogens with zero attached hydrogens (tertiary/aromatic N) is 1. The Kier molecular flexibility index (Phi) is 2.44. The summed E-state index contributed by atoms with van der Waals surface area (Å²) in [6.45, 7) is 3.47. The van der Waals surface area contributed by atoms with Crippen LogP contribution in [0.1, 0.15) is 12.5 Å². The summed E-state index contributed by atoms with van der Waals surface area (Å²) in [7, 11) is 0. The fourth-order valence-electron chi connectivity index (χ4n) is 0.710. The Morgan fingerprint density at radius 3 is 2.92 bits per heavy atom. The normalized spacial score (nSPS) is 12.6. The first-order valence-corrected chi connectivity index (χ1v) is 3.67. The minimum Gasteiger partial charge on any atom is -0.320 e. The number of carbonyl (C=O) groups is 1. The van der Waals surface area contributed by atoms with Crippen LogP contribution in [0.5, 0.6) is 0 Å². The van der Waals surface area contributed by atoms with Gasteiger partial charge in [-0.1, -0.05) is 0 Å². The van der Waals surface area contributed by atoms with E-state index in [2.05, 4.69) is 15.5 Å². The molecule has 5 nitrogen and oxygen atoms in total. The lowest BCUT2D eigenvalue weighted by Crippen LogP contribution is -2.32. The summed E-state index contributed by atoms with van der Waals surface area (Å²) in [6, 6.07) is -0.507. The third kappa shape index (κ3) is 1.82. The lowest BCUT2D eigenvalue weighted by molar-refractivity contribution is -0.117. The zero-order valence-corrected chi connectivity index (χ0v) is 7.09. The van der Waals surface area contributed by atoms with E-state index in [0.29, 0.717) is 5.82 Å². The van der Waals surface area contributed by atoms with Crippen LogP contribution in [0.25, 0.3) is 0 Å². The van der Waals surface area contributed by atoms with Crippen LogP contribution in [0.15, 0.2) is 6.20 Å². The third-order valence-electron chi connectivity index (χ3n) is 1.49. The van der Waals surface area contributed by atoms with Crippen molar-refractivity contribution >= 4 is 11.7 Å². The molecule has 0 aliphatic carbocycles. The van der Waals surface area contributed by atoms with Gasteiger partial charge in [-0.05, 0) is 13.8 Å². The summed E-state index contributed by atoms with van der Waals surface area (Å²) >= 11 is 0. The van der Waals surface area contributed by atoms with Crippen LogP contribution in [0.2, 0.25) is 0 Å². The molecular weight excluding hydrogens is 156 g/mol. The number of anilines is 1. The average molecular weight is 168 g/mol. The van der Waals surface area contributed by atoms with E-state index in [1.54, 1.807) is 13.1 Å². The molecule has 0 saturated carbocycles. The van der Waals surface area contributed by atoms with Crippen molar-refractivity contribution in [2.24, 2.45) is 5.73 Å². The Bertz CT molecular complexity index is 279. The molecule has 1 heterocycles. The van der Waals surface area contributed by atoms with E-state index >= 15 is 0 Å². The van der Waals surface area contributed by atoms with Gasteiger partial charge < -0.3 is 11.1 Å². The van der Waals surface area contributed by atoms with Crippen molar-refractivity contribution in [1.29, 1.82) is 0 Å². The topological polar surface area (TPSA) is 83.8 Å². The smallest absolute Gasteiger partial charge is 0.242 e. The van der Waals surface area contributed by atoms with Gasteiger partial charge in [-0.15, -0.1) is 0 Å². The Balaban J connectivity index is 2.64. The van der Waals surface area contributed by atoms with E-state index in [1.165, 1.54) is 0 Å². The maximum Gasteiger partial charge on any atom is 0.242 e. The molecule has 12 heavy (non-hydrogen) atoms. The van der Waals surface area contributed by atoms with Crippen LogP contribution in [-0.2, 0) is 4.79 Å². The summed E-state index contributed by atoms with van der Waals surface area (Å²) < 4.78 is 0. The number of hydrogen-bond acceptors (Lipinski definition) is 3. The highest BCUT2D eigenvalue weighted by Gasteiger charge is 2.09. The van der Waals surface area contributed by atoms with Crippen LogP contribution >= 0.6 is 0 Å². The fraction of sp³-hybridized carbons (Fsp3) is 0.429. The summed E-state index contributed by atoms with van der Waals surface area (Å²) in [6.07, 6.45) is 1.64. The average Bonchev–Trinajstić information content (AvgIpc) is 2.36. The van der Waals surface area contributed by atoms with Crippen molar-refractivity contribution in [3.8, 4) is 0 Å². The Morgan fingerprint density at radius 2 is 2.50 bits per heavy atom. The molecule has 0 spiro atoms. The summed E-state index contributed by atoms with van der Waals surface area (Å²) in [5.74, 6) is 0.389. The maximum absolute atomic E-state index is 11.1. The maximum atomic E-state index is 11.1. The Hall–Kier alpha value is -1.36. The molecule has 1 atom stereocenters. The van der Waals surface area contributed by atoms with Gasteiger partial charge in [0.2, 0.25) is 5.91 Å². The fourth-order valence-corrected chi connectivity index (χ4v) is 0.710. The predicted molar refractivity (Wildman–Crippen MR) is 45.6 cm³/mol. The molecule has 5 heteroatoms. The van der Waals surface area contributed by atoms with E-state index in [-0.39, 0.29) is 5.91 Å². The number of aromatic nitrogens is 2. The molecule has 66 valence electrons. The molecule has 0 radical (unpaired) electrons. The number of rotatable bonds is 2. The number of nitrogens with two attached hydrogens (primary N) is 1. The van der Waals surface area contributed by atoms with Crippen molar-refractivity contribution in [2.75, 3.05) is 5.32 Å². The minimum atomic E-state index is -0.507. The van der Waals surface area contributed by atoms with Gasteiger partial charge in [0.05, 0.1) is 12.2 Å². The van der Waals surface area contributed by atoms with Crippen LogP contribution < -0.4 is 11.1 Å². The molecule has 1 amide bonds. The van der Waals surface area contributed by atoms with E-state index in [1.807, 2.05) is 6.92 Å². The van der Waals surface area contributed by atoms with Crippen LogP contribution in [0, 0.1) is 6.92 Å². The van der Waals surface area contributed by atoms with E-state index in [9.17, 15) is 4.79 Å². The van der Waals surface area contributed by atoms with Crippen molar-refractivity contribution in [2.45, 2.75) is 19.9 Å². The minimum absolute atomic E-state index is 0.220. The van der Waals surface area contributed by atoms with Crippen LogP contribution in [-0.4, -0.2) is 22.1 Å². The van der Waals surface area contributed by atoms with Gasteiger partial charge in [0.1, 0.15) is 5.82 Å². The van der Waals surface area contributed by atoms with E-state index in [4.69, 9.17) is 5.73 Å². The van der Waals surface area contributed by atoms with Gasteiger partial charge in [0, 0.05) is 5.56 Å². The summed E-state index contributed by atoms with van der Waals surface area (Å²) in [5.41, 5.74) is 6.25. The highest BCUT2D eigenvalue weighted by molar-refractivity contribution is 5.93. The Labute approximate surface area is 70.3 Å². The lowest BCUT2D eigenvalue weighted by Gasteiger charge is -2.05. The van der Waals surface area contributed by atoms with E-state index < -0.39 is 6.04 Å². The highest BCUT2D eigenvalue weighted by atomic mass is 16.2. The molecule has 0 unspecified atom stereocenters. The van der Waals surface area contributed by atoms with Gasteiger partial charge in [-0.2, -0.15) is 5.10 Å². The van der Waals surface area contributed by atoms with Crippen molar-refractivity contribution in [1.82, 2.24) is 10.2 Å². The molecule has 1 aromatic rings. The molecule has 0 aliphatic rings. The van der Waals surface area contributed by atoms with Crippen LogP contribution in [0.4, 0.5) is 5.82 Å². The van der Waals surface area contributed by atoms with Gasteiger partial charge in [0.15, 0.2) is 0 Å². The standard InChI is InChI=1S/C7H12N4O/c1-4-3-9-11-6(4)10-7(12)5(2)8/h3,5H,8H2,1-2H3,(H2,9,10,11,12)/t5-/m1/s1. The summed E-state index contributed by atoms with van der Waals surface area (Å²) in [4.78, 5) is 11.1. The Morgan fingerprint density at radius 1 is 1.83 bits per heavy atom. The molecule has 0 aliphatic heterocycles. The van der Waals surface area contributed by atoms with Gasteiger partial charge in [0.25, 0.3) is 0 Å². The second-order valence-corrected chi connectivity index (χ2v) is 2.71. The second kappa shape index (κ2) is 3.36. The number of H-pyrrole nitrogens is 1. The third-order valence-corrected chi connectivity index (χ3v) is 1.49. The number of nitrogens with one attached hydrogen (secondary N) is 2. The second-order valence-electron chi connectivity index (χ2n) is 2.71. The predicted octanol–water partition coefficient (Wildman–Crippen LogP) is 0.00382. The zero-order valence-electron chi connectivity index (χ0n) is 7.09. The number of carbonyl (C=O) groups excluding carboxylic acids is 1. The highest BCUT2D eigenvalue weighted by Crippen LogP contribution is 2.07. The van der Waals surface area contributed by atoms with Gasteiger partial charge >= 0.3 is 0 Å². The van der Waals surface area contributed by atoms with Crippen molar-refractivity contribution in [3.63, 3.8) is 0 Å². The van der Waals surface area contributed by atoms with E-state index in [0.717, 1.165) is 5.56 Å². The van der Waals surface area contributed by atoms with Crippen molar-refractivity contribution in [3.05, 3.63) is 11.8 Å². The first kappa shape index (κ1) is 8.73. The molecule has 1 rings (SSSR count). The van der Waals surface area contributed by atoms with Gasteiger partial charge in [-0.3, -0.25) is 9.89 Å². The number of aromatic amines is 1. The number of hydrogen-bond donors (Lipinski definition) is 3. The largest absolute Gasteiger partial charge is 0.320 e. The van der Waals surface area contributed by atoms with Crippen molar-refractivity contribution < 1.29 is 4.79 Å². The quantitative estimate of drug-likeness (QED) is 0.581. The molecule has 4 N–H and O–H groups in total. The molecule has 0 bridgehead atoms. The first-order chi connectivity index (χ1) is 5.61. The lowest BCUT2D eigenvalue weighted by atomic mass is 10.3. The molecule has 0 aromatic carbocycles. The SMILES string of the molecule is Cc1cn[nH]c1NC(=O)[C@@H](C)N. The van der Waals surface area contributed by atoms with Crippen LogP contribution in [0.3, 0.4) is 0 Å².